The van der Waals surface area contributed by atoms with E-state index in [1.165, 1.54) is 11.8 Å². The molecule has 30 heavy (non-hydrogen) atoms. The maximum atomic E-state index is 12.8. The van der Waals surface area contributed by atoms with Crippen LogP contribution in [0.25, 0.3) is 10.8 Å². The highest BCUT2D eigenvalue weighted by molar-refractivity contribution is 8.15. The van der Waals surface area contributed by atoms with Crippen LogP contribution in [0.3, 0.4) is 0 Å². The van der Waals surface area contributed by atoms with Gasteiger partial charge < -0.3 is 4.74 Å². The van der Waals surface area contributed by atoms with Gasteiger partial charge in [-0.2, -0.15) is 5.10 Å². The first-order valence-corrected chi connectivity index (χ1v) is 10.8. The van der Waals surface area contributed by atoms with E-state index in [2.05, 4.69) is 28.4 Å². The number of ether oxygens (including phenoxy) is 1. The molecule has 0 spiro atoms. The molecule has 1 aliphatic heterocycles. The Bertz CT molecular complexity index is 1100. The SMILES string of the molecule is CC[C@@H]1S/C(=N\N=C/c2cccc3ccccc23)N(Cc2ccc(OC)cc2)C1=O. The van der Waals surface area contributed by atoms with Crippen LogP contribution in [-0.2, 0) is 11.3 Å². The molecule has 1 fully saturated rings. The molecule has 1 aliphatic rings. The first kappa shape index (κ1) is 20.2. The number of carbonyl (C=O) groups excluding carboxylic acids is 1. The molecule has 0 unspecified atom stereocenters. The molecule has 0 radical (unpaired) electrons. The van der Waals surface area contributed by atoms with Crippen LogP contribution in [0.15, 0.2) is 76.9 Å². The Balaban J connectivity index is 1.58. The molecular formula is C24H23N3O2S. The third-order valence-electron chi connectivity index (χ3n) is 5.05. The Kier molecular flexibility index (Phi) is 6.14. The Morgan fingerprint density at radius 1 is 1.07 bits per heavy atom. The van der Waals surface area contributed by atoms with Crippen LogP contribution < -0.4 is 4.74 Å². The van der Waals surface area contributed by atoms with Gasteiger partial charge in [-0.05, 0) is 34.9 Å². The zero-order valence-electron chi connectivity index (χ0n) is 17.0. The molecule has 1 atom stereocenters. The molecule has 1 heterocycles. The van der Waals surface area contributed by atoms with E-state index in [4.69, 9.17) is 4.74 Å². The number of fused-ring (bicyclic) bond motifs is 1. The fraction of sp³-hybridized carbons (Fsp3) is 0.208. The van der Waals surface area contributed by atoms with Crippen molar-refractivity contribution in [1.29, 1.82) is 0 Å². The minimum Gasteiger partial charge on any atom is -0.497 e. The third kappa shape index (κ3) is 4.24. The van der Waals surface area contributed by atoms with E-state index in [1.807, 2.05) is 55.5 Å². The third-order valence-corrected chi connectivity index (χ3v) is 6.39. The van der Waals surface area contributed by atoms with Crippen molar-refractivity contribution in [2.75, 3.05) is 7.11 Å². The molecule has 3 aromatic rings. The van der Waals surface area contributed by atoms with Gasteiger partial charge in [0.1, 0.15) is 5.75 Å². The van der Waals surface area contributed by atoms with E-state index >= 15 is 0 Å². The maximum Gasteiger partial charge on any atom is 0.242 e. The summed E-state index contributed by atoms with van der Waals surface area (Å²) in [6.07, 6.45) is 2.51. The standard InChI is InChI=1S/C24H23N3O2S/c1-3-22-23(28)27(16-17-11-13-20(29-2)14-12-17)24(30-22)26-25-15-19-9-6-8-18-7-4-5-10-21(18)19/h4-15,22H,3,16H2,1-2H3/b25-15-,26-24-/t22-/m0/s1. The molecule has 0 aliphatic carbocycles. The quantitative estimate of drug-likeness (QED) is 0.415. The summed E-state index contributed by atoms with van der Waals surface area (Å²) in [4.78, 5) is 14.6. The molecule has 3 aromatic carbocycles. The van der Waals surface area contributed by atoms with E-state index in [9.17, 15) is 4.79 Å². The topological polar surface area (TPSA) is 54.3 Å². The van der Waals surface area contributed by atoms with E-state index in [0.717, 1.165) is 34.1 Å². The summed E-state index contributed by atoms with van der Waals surface area (Å²) in [7, 11) is 1.64. The van der Waals surface area contributed by atoms with Crippen molar-refractivity contribution in [3.63, 3.8) is 0 Å². The highest BCUT2D eigenvalue weighted by Crippen LogP contribution is 2.31. The van der Waals surface area contributed by atoms with Gasteiger partial charge in [0.15, 0.2) is 5.17 Å². The lowest BCUT2D eigenvalue weighted by Crippen LogP contribution is -2.31. The number of hydrogen-bond donors (Lipinski definition) is 0. The van der Waals surface area contributed by atoms with Gasteiger partial charge in [-0.1, -0.05) is 73.3 Å². The van der Waals surface area contributed by atoms with Gasteiger partial charge in [-0.15, -0.1) is 5.10 Å². The summed E-state index contributed by atoms with van der Waals surface area (Å²) in [5, 5.41) is 11.5. The van der Waals surface area contributed by atoms with Crippen LogP contribution in [0.4, 0.5) is 0 Å². The second-order valence-electron chi connectivity index (χ2n) is 6.98. The fourth-order valence-electron chi connectivity index (χ4n) is 3.41. The molecule has 0 aromatic heterocycles. The fourth-order valence-corrected chi connectivity index (χ4v) is 4.43. The first-order chi connectivity index (χ1) is 14.7. The molecule has 152 valence electrons. The number of nitrogens with zero attached hydrogens (tertiary/aromatic N) is 3. The molecule has 1 amide bonds. The van der Waals surface area contributed by atoms with Gasteiger partial charge >= 0.3 is 0 Å². The number of rotatable bonds is 6. The van der Waals surface area contributed by atoms with Gasteiger partial charge in [0.25, 0.3) is 0 Å². The largest absolute Gasteiger partial charge is 0.497 e. The molecule has 0 bridgehead atoms. The zero-order valence-corrected chi connectivity index (χ0v) is 17.8. The molecule has 1 saturated heterocycles. The number of benzene rings is 3. The molecule has 5 nitrogen and oxygen atoms in total. The summed E-state index contributed by atoms with van der Waals surface area (Å²) in [6.45, 7) is 2.48. The van der Waals surface area contributed by atoms with E-state index in [-0.39, 0.29) is 11.2 Å². The van der Waals surface area contributed by atoms with Crippen LogP contribution in [-0.4, -0.2) is 34.5 Å². The van der Waals surface area contributed by atoms with Gasteiger partial charge in [0.05, 0.1) is 25.1 Å². The van der Waals surface area contributed by atoms with Crippen molar-refractivity contribution in [3.05, 3.63) is 77.9 Å². The maximum absolute atomic E-state index is 12.8. The summed E-state index contributed by atoms with van der Waals surface area (Å²) in [6, 6.07) is 22.0. The van der Waals surface area contributed by atoms with Crippen LogP contribution >= 0.6 is 11.8 Å². The predicted octanol–water partition coefficient (Wildman–Crippen LogP) is 5.09. The number of amidine groups is 1. The lowest BCUT2D eigenvalue weighted by molar-refractivity contribution is -0.126. The summed E-state index contributed by atoms with van der Waals surface area (Å²) in [5.41, 5.74) is 2.02. The van der Waals surface area contributed by atoms with Crippen molar-refractivity contribution >= 4 is 39.8 Å². The van der Waals surface area contributed by atoms with Crippen molar-refractivity contribution in [2.24, 2.45) is 10.2 Å². The number of methoxy groups -OCH3 is 1. The summed E-state index contributed by atoms with van der Waals surface area (Å²) >= 11 is 1.48. The minimum atomic E-state index is -0.116. The number of thioether (sulfide) groups is 1. The molecule has 0 saturated carbocycles. The van der Waals surface area contributed by atoms with Crippen LogP contribution in [0.5, 0.6) is 5.75 Å². The van der Waals surface area contributed by atoms with Crippen molar-refractivity contribution < 1.29 is 9.53 Å². The van der Waals surface area contributed by atoms with Crippen LogP contribution in [0, 0.1) is 0 Å². The lowest BCUT2D eigenvalue weighted by atomic mass is 10.1. The zero-order chi connectivity index (χ0) is 20.9. The Morgan fingerprint density at radius 2 is 1.83 bits per heavy atom. The molecule has 6 heteroatoms. The average Bonchev–Trinajstić information content (AvgIpc) is 3.09. The number of amides is 1. The van der Waals surface area contributed by atoms with Crippen molar-refractivity contribution in [2.45, 2.75) is 25.1 Å². The predicted molar refractivity (Wildman–Crippen MR) is 124 cm³/mol. The monoisotopic (exact) mass is 417 g/mol. The smallest absolute Gasteiger partial charge is 0.242 e. The second-order valence-corrected chi connectivity index (χ2v) is 8.15. The average molecular weight is 418 g/mol. The number of carbonyl (C=O) groups is 1. The molecular weight excluding hydrogens is 394 g/mol. The second kappa shape index (κ2) is 9.13. The summed E-state index contributed by atoms with van der Waals surface area (Å²) in [5.74, 6) is 0.873. The van der Waals surface area contributed by atoms with Crippen molar-refractivity contribution in [1.82, 2.24) is 4.90 Å². The van der Waals surface area contributed by atoms with E-state index in [1.54, 1.807) is 18.2 Å². The number of hydrogen-bond acceptors (Lipinski definition) is 5. The van der Waals surface area contributed by atoms with Gasteiger partial charge in [-0.3, -0.25) is 9.69 Å². The van der Waals surface area contributed by atoms with E-state index < -0.39 is 0 Å². The molecule has 4 rings (SSSR count). The minimum absolute atomic E-state index is 0.0810. The van der Waals surface area contributed by atoms with Crippen molar-refractivity contribution in [3.8, 4) is 5.75 Å². The Hall–Kier alpha value is -3.12. The normalized spacial score (nSPS) is 18.1. The van der Waals surface area contributed by atoms with Crippen LogP contribution in [0.2, 0.25) is 0 Å². The molecule has 0 N–H and O–H groups in total. The Labute approximate surface area is 180 Å². The van der Waals surface area contributed by atoms with Gasteiger partial charge in [0, 0.05) is 5.56 Å². The van der Waals surface area contributed by atoms with Crippen LogP contribution in [0.1, 0.15) is 24.5 Å². The Morgan fingerprint density at radius 3 is 2.60 bits per heavy atom. The van der Waals surface area contributed by atoms with E-state index in [0.29, 0.717) is 11.7 Å². The highest BCUT2D eigenvalue weighted by atomic mass is 32.2. The first-order valence-electron chi connectivity index (χ1n) is 9.89. The van der Waals surface area contributed by atoms with Gasteiger partial charge in [-0.25, -0.2) is 0 Å². The highest BCUT2D eigenvalue weighted by Gasteiger charge is 2.36. The van der Waals surface area contributed by atoms with Gasteiger partial charge in [0.2, 0.25) is 5.91 Å². The summed E-state index contributed by atoms with van der Waals surface area (Å²) < 4.78 is 5.21. The lowest BCUT2D eigenvalue weighted by Gasteiger charge is -2.16.